The van der Waals surface area contributed by atoms with Crippen LogP contribution in [0.3, 0.4) is 0 Å². The molecule has 15 heavy (non-hydrogen) atoms. The third kappa shape index (κ3) is 1.70. The van der Waals surface area contributed by atoms with Crippen LogP contribution in [0.4, 0.5) is 0 Å². The maximum Gasteiger partial charge on any atom is 0.0896 e. The summed E-state index contributed by atoms with van der Waals surface area (Å²) in [4.78, 5) is 5.78. The summed E-state index contributed by atoms with van der Waals surface area (Å²) in [5.41, 5.74) is 1.48. The van der Waals surface area contributed by atoms with Crippen molar-refractivity contribution in [3.05, 3.63) is 52.0 Å². The fraction of sp³-hybridized carbons (Fsp3) is 0.308. The molecule has 1 unspecified atom stereocenters. The van der Waals surface area contributed by atoms with Crippen LogP contribution in [0.2, 0.25) is 0 Å². The lowest BCUT2D eigenvalue weighted by Crippen LogP contribution is -1.80. The van der Waals surface area contributed by atoms with E-state index in [0.717, 1.165) is 11.8 Å². The van der Waals surface area contributed by atoms with Crippen LogP contribution in [-0.4, -0.2) is 4.98 Å². The first-order valence-electron chi connectivity index (χ1n) is 5.32. The quantitative estimate of drug-likeness (QED) is 0.744. The van der Waals surface area contributed by atoms with E-state index in [2.05, 4.69) is 42.2 Å². The number of aryl methyl sites for hydroxylation is 1. The molecule has 2 atom stereocenters. The van der Waals surface area contributed by atoms with Crippen LogP contribution in [0.25, 0.3) is 0 Å². The molecule has 1 aliphatic rings. The van der Waals surface area contributed by atoms with Gasteiger partial charge >= 0.3 is 0 Å². The highest BCUT2D eigenvalue weighted by Gasteiger charge is 2.40. The summed E-state index contributed by atoms with van der Waals surface area (Å²) in [6.45, 7) is 2.08. The molecular weight excluding hydrogens is 202 g/mol. The SMILES string of the molecule is Cc1ncc(C2C[C@@H]2c2ccccc2)s1. The lowest BCUT2D eigenvalue weighted by molar-refractivity contribution is 1.04. The van der Waals surface area contributed by atoms with Gasteiger partial charge in [-0.15, -0.1) is 11.3 Å². The number of nitrogens with zero attached hydrogens (tertiary/aromatic N) is 1. The van der Waals surface area contributed by atoms with Crippen molar-refractivity contribution >= 4 is 11.3 Å². The summed E-state index contributed by atoms with van der Waals surface area (Å²) in [5.74, 6) is 1.48. The minimum Gasteiger partial charge on any atom is -0.250 e. The van der Waals surface area contributed by atoms with E-state index in [1.807, 2.05) is 17.5 Å². The molecule has 0 aliphatic heterocycles. The molecule has 0 amide bonds. The van der Waals surface area contributed by atoms with E-state index in [9.17, 15) is 0 Å². The summed E-state index contributed by atoms with van der Waals surface area (Å²) in [6, 6.07) is 10.8. The molecule has 2 heteroatoms. The van der Waals surface area contributed by atoms with Crippen LogP contribution in [0.1, 0.15) is 33.7 Å². The molecular formula is C13H13NS. The molecule has 1 aromatic carbocycles. The number of aromatic nitrogens is 1. The highest BCUT2D eigenvalue weighted by Crippen LogP contribution is 2.55. The van der Waals surface area contributed by atoms with Crippen LogP contribution >= 0.6 is 11.3 Å². The molecule has 0 spiro atoms. The molecule has 76 valence electrons. The highest BCUT2D eigenvalue weighted by molar-refractivity contribution is 7.11. The average Bonchev–Trinajstić information content (AvgIpc) is 2.96. The largest absolute Gasteiger partial charge is 0.250 e. The number of rotatable bonds is 2. The van der Waals surface area contributed by atoms with Crippen molar-refractivity contribution in [2.75, 3.05) is 0 Å². The Morgan fingerprint density at radius 3 is 2.67 bits per heavy atom. The zero-order chi connectivity index (χ0) is 10.3. The summed E-state index contributed by atoms with van der Waals surface area (Å²) in [5, 5.41) is 1.18. The van der Waals surface area contributed by atoms with Crippen molar-refractivity contribution in [1.82, 2.24) is 4.98 Å². The van der Waals surface area contributed by atoms with E-state index in [1.165, 1.54) is 21.9 Å². The number of thiazole rings is 1. The zero-order valence-corrected chi connectivity index (χ0v) is 9.50. The maximum absolute atomic E-state index is 4.32. The van der Waals surface area contributed by atoms with Gasteiger partial charge in [-0.1, -0.05) is 30.3 Å². The van der Waals surface area contributed by atoms with Gasteiger partial charge in [0.05, 0.1) is 5.01 Å². The van der Waals surface area contributed by atoms with Crippen molar-refractivity contribution in [3.8, 4) is 0 Å². The fourth-order valence-corrected chi connectivity index (χ4v) is 3.09. The molecule has 1 fully saturated rings. The third-order valence-electron chi connectivity index (χ3n) is 3.02. The molecule has 0 N–H and O–H groups in total. The predicted octanol–water partition coefficient (Wildman–Crippen LogP) is 3.72. The lowest BCUT2D eigenvalue weighted by Gasteiger charge is -1.97. The molecule has 1 aliphatic carbocycles. The Balaban J connectivity index is 1.80. The van der Waals surface area contributed by atoms with Crippen LogP contribution < -0.4 is 0 Å². The van der Waals surface area contributed by atoms with Gasteiger partial charge in [0.2, 0.25) is 0 Å². The Labute approximate surface area is 93.8 Å². The second-order valence-electron chi connectivity index (χ2n) is 4.14. The smallest absolute Gasteiger partial charge is 0.0896 e. The average molecular weight is 215 g/mol. The Bertz CT molecular complexity index is 460. The van der Waals surface area contributed by atoms with Crippen molar-refractivity contribution in [2.45, 2.75) is 25.2 Å². The second-order valence-corrected chi connectivity index (χ2v) is 5.41. The van der Waals surface area contributed by atoms with E-state index in [1.54, 1.807) is 0 Å². The first-order valence-corrected chi connectivity index (χ1v) is 6.13. The fourth-order valence-electron chi connectivity index (χ4n) is 2.13. The van der Waals surface area contributed by atoms with E-state index in [-0.39, 0.29) is 0 Å². The topological polar surface area (TPSA) is 12.9 Å². The van der Waals surface area contributed by atoms with Crippen LogP contribution in [0, 0.1) is 6.92 Å². The van der Waals surface area contributed by atoms with Crippen molar-refractivity contribution in [3.63, 3.8) is 0 Å². The molecule has 0 bridgehead atoms. The molecule has 0 radical (unpaired) electrons. The van der Waals surface area contributed by atoms with Crippen LogP contribution in [0.15, 0.2) is 36.5 Å². The van der Waals surface area contributed by atoms with Gasteiger partial charge in [-0.05, 0) is 24.8 Å². The van der Waals surface area contributed by atoms with Gasteiger partial charge in [-0.25, -0.2) is 4.98 Å². The molecule has 1 heterocycles. The minimum absolute atomic E-state index is 0.735. The minimum atomic E-state index is 0.735. The monoisotopic (exact) mass is 215 g/mol. The van der Waals surface area contributed by atoms with E-state index < -0.39 is 0 Å². The Morgan fingerprint density at radius 2 is 2.00 bits per heavy atom. The number of hydrogen-bond acceptors (Lipinski definition) is 2. The van der Waals surface area contributed by atoms with Crippen molar-refractivity contribution in [2.24, 2.45) is 0 Å². The van der Waals surface area contributed by atoms with Gasteiger partial charge in [0.25, 0.3) is 0 Å². The van der Waals surface area contributed by atoms with E-state index in [0.29, 0.717) is 0 Å². The molecule has 1 aromatic heterocycles. The first-order chi connectivity index (χ1) is 7.34. The first kappa shape index (κ1) is 9.10. The van der Waals surface area contributed by atoms with E-state index in [4.69, 9.17) is 0 Å². The molecule has 1 saturated carbocycles. The van der Waals surface area contributed by atoms with Crippen molar-refractivity contribution in [1.29, 1.82) is 0 Å². The van der Waals surface area contributed by atoms with Gasteiger partial charge in [-0.2, -0.15) is 0 Å². The predicted molar refractivity (Wildman–Crippen MR) is 63.4 cm³/mol. The van der Waals surface area contributed by atoms with Gasteiger partial charge in [0.1, 0.15) is 0 Å². The van der Waals surface area contributed by atoms with Gasteiger partial charge < -0.3 is 0 Å². The van der Waals surface area contributed by atoms with E-state index >= 15 is 0 Å². The summed E-state index contributed by atoms with van der Waals surface area (Å²) >= 11 is 1.85. The van der Waals surface area contributed by atoms with Gasteiger partial charge in [0.15, 0.2) is 0 Å². The third-order valence-corrected chi connectivity index (χ3v) is 4.07. The Morgan fingerprint density at radius 1 is 1.20 bits per heavy atom. The molecule has 1 nitrogen and oxygen atoms in total. The summed E-state index contributed by atoms with van der Waals surface area (Å²) < 4.78 is 0. The van der Waals surface area contributed by atoms with Gasteiger partial charge in [-0.3, -0.25) is 0 Å². The maximum atomic E-state index is 4.32. The normalized spacial score (nSPS) is 24.1. The second kappa shape index (κ2) is 3.46. The van der Waals surface area contributed by atoms with Crippen LogP contribution in [0.5, 0.6) is 0 Å². The zero-order valence-electron chi connectivity index (χ0n) is 8.68. The highest BCUT2D eigenvalue weighted by atomic mass is 32.1. The lowest BCUT2D eigenvalue weighted by atomic mass is 10.1. The van der Waals surface area contributed by atoms with Gasteiger partial charge in [0, 0.05) is 17.0 Å². The Hall–Kier alpha value is -1.15. The Kier molecular flexibility index (Phi) is 2.10. The molecule has 3 rings (SSSR count). The standard InChI is InChI=1S/C13H13NS/c1-9-14-8-13(15-9)12-7-11(12)10-5-3-2-4-6-10/h2-6,8,11-12H,7H2,1H3/t11-,12?/m1/s1. The molecule has 2 aromatic rings. The number of benzene rings is 1. The summed E-state index contributed by atoms with van der Waals surface area (Å²) in [6.07, 6.45) is 3.35. The number of hydrogen-bond donors (Lipinski definition) is 0. The van der Waals surface area contributed by atoms with Crippen LogP contribution in [-0.2, 0) is 0 Å². The molecule has 0 saturated heterocycles. The summed E-state index contributed by atoms with van der Waals surface area (Å²) in [7, 11) is 0. The van der Waals surface area contributed by atoms with Crippen molar-refractivity contribution < 1.29 is 0 Å².